The molecule has 4 aromatic rings. The minimum absolute atomic E-state index is 0. The number of rotatable bonds is 8. The standard InChI is InChI=1S/3C9H8F2O.C9H10O.CH3F.FH/c1-3-7-8(10)4-6(12-2)5-9(7)11;1-3-6-4-7(10)9(12-2)8(11)5-6;1-3-6-4-5-7(12-2)9(11)8(6)10;1-3-8-4-6-9(10-2)7-5-8;1-2;/h3*3-5H,1H2,2H3;3-7H,1H2,2H3;1H3;1H. The summed E-state index contributed by atoms with van der Waals surface area (Å²) < 4.78 is 106. The van der Waals surface area contributed by atoms with Gasteiger partial charge in [0.05, 0.1) is 35.6 Å². The second kappa shape index (κ2) is 24.6. The van der Waals surface area contributed by atoms with Crippen LogP contribution in [0.3, 0.4) is 0 Å². The molecule has 0 aromatic heterocycles. The van der Waals surface area contributed by atoms with Crippen LogP contribution in [0, 0.1) is 34.9 Å². The van der Waals surface area contributed by atoms with Crippen LogP contribution in [0.4, 0.5) is 35.4 Å². The van der Waals surface area contributed by atoms with Gasteiger partial charge >= 0.3 is 0 Å². The molecule has 4 aromatic carbocycles. The first-order valence-corrected chi connectivity index (χ1v) is 13.5. The zero-order valence-corrected chi connectivity index (χ0v) is 27.6. The van der Waals surface area contributed by atoms with E-state index in [4.69, 9.17) is 4.74 Å². The molecule has 0 saturated heterocycles. The molecular formula is C37H38F8O4. The average molecular weight is 699 g/mol. The Morgan fingerprint density at radius 1 is 0.490 bits per heavy atom. The van der Waals surface area contributed by atoms with Gasteiger partial charge < -0.3 is 18.9 Å². The molecule has 0 bridgehead atoms. The third-order valence-electron chi connectivity index (χ3n) is 5.82. The van der Waals surface area contributed by atoms with Crippen molar-refractivity contribution in [1.29, 1.82) is 0 Å². The summed E-state index contributed by atoms with van der Waals surface area (Å²) in [5, 5.41) is 0. The van der Waals surface area contributed by atoms with Crippen LogP contribution in [0.15, 0.2) is 87.0 Å². The van der Waals surface area contributed by atoms with Gasteiger partial charge in [0.25, 0.3) is 0 Å². The second-order valence-corrected chi connectivity index (χ2v) is 8.60. The number of ether oxygens (including phenoxy) is 4. The summed E-state index contributed by atoms with van der Waals surface area (Å²) in [6, 6.07) is 15.1. The molecule has 266 valence electrons. The van der Waals surface area contributed by atoms with Crippen LogP contribution >= 0.6 is 0 Å². The van der Waals surface area contributed by atoms with Gasteiger partial charge in [-0.25, -0.2) is 22.0 Å². The van der Waals surface area contributed by atoms with Crippen molar-refractivity contribution < 1.29 is 54.4 Å². The van der Waals surface area contributed by atoms with E-state index in [1.807, 2.05) is 24.3 Å². The molecule has 0 saturated carbocycles. The Morgan fingerprint density at radius 3 is 1.35 bits per heavy atom. The molecule has 0 amide bonds. The van der Waals surface area contributed by atoms with Crippen molar-refractivity contribution in [3.8, 4) is 23.0 Å². The quantitative estimate of drug-likeness (QED) is 0.172. The van der Waals surface area contributed by atoms with E-state index in [9.17, 15) is 30.7 Å². The largest absolute Gasteiger partial charge is 0.497 e. The highest BCUT2D eigenvalue weighted by atomic mass is 19.2. The van der Waals surface area contributed by atoms with Gasteiger partial charge in [-0.15, -0.1) is 0 Å². The van der Waals surface area contributed by atoms with Crippen LogP contribution in [0.2, 0.25) is 0 Å². The summed E-state index contributed by atoms with van der Waals surface area (Å²) in [5.41, 5.74) is 1.51. The summed E-state index contributed by atoms with van der Waals surface area (Å²) >= 11 is 0. The number of hydrogen-bond donors (Lipinski definition) is 0. The molecule has 0 atom stereocenters. The van der Waals surface area contributed by atoms with Gasteiger partial charge in [0.15, 0.2) is 29.0 Å². The van der Waals surface area contributed by atoms with Crippen molar-refractivity contribution in [3.05, 3.63) is 144 Å². The second-order valence-electron chi connectivity index (χ2n) is 8.60. The minimum Gasteiger partial charge on any atom is -0.497 e. The molecule has 49 heavy (non-hydrogen) atoms. The van der Waals surface area contributed by atoms with Gasteiger partial charge in [-0.3, -0.25) is 9.09 Å². The van der Waals surface area contributed by atoms with Gasteiger partial charge in [-0.2, -0.15) is 4.39 Å². The summed E-state index contributed by atoms with van der Waals surface area (Å²) in [5.74, 6) is -4.08. The predicted molar refractivity (Wildman–Crippen MR) is 182 cm³/mol. The highest BCUT2D eigenvalue weighted by molar-refractivity contribution is 5.52. The van der Waals surface area contributed by atoms with Crippen molar-refractivity contribution in [3.63, 3.8) is 0 Å². The third-order valence-corrected chi connectivity index (χ3v) is 5.82. The number of hydrogen-bond acceptors (Lipinski definition) is 4. The Balaban J connectivity index is 0. The van der Waals surface area contributed by atoms with Crippen LogP contribution < -0.4 is 18.9 Å². The lowest BCUT2D eigenvalue weighted by Gasteiger charge is -2.03. The molecule has 0 radical (unpaired) electrons. The van der Waals surface area contributed by atoms with E-state index in [0.29, 0.717) is 12.7 Å². The maximum Gasteiger partial charge on any atom is 0.201 e. The van der Waals surface area contributed by atoms with Gasteiger partial charge in [-0.1, -0.05) is 62.8 Å². The van der Waals surface area contributed by atoms with Gasteiger partial charge in [-0.05, 0) is 47.5 Å². The minimum atomic E-state index is -0.977. The van der Waals surface area contributed by atoms with Crippen LogP contribution in [0.25, 0.3) is 24.3 Å². The Morgan fingerprint density at radius 2 is 0.980 bits per heavy atom. The summed E-state index contributed by atoms with van der Waals surface area (Å²) in [6.45, 7) is 13.7. The molecule has 4 rings (SSSR count). The molecular weight excluding hydrogens is 660 g/mol. The van der Waals surface area contributed by atoms with Crippen LogP contribution in [0.5, 0.6) is 23.0 Å². The summed E-state index contributed by atoms with van der Waals surface area (Å²) in [7, 11) is 6.01. The van der Waals surface area contributed by atoms with Crippen molar-refractivity contribution in [2.24, 2.45) is 0 Å². The van der Waals surface area contributed by atoms with E-state index < -0.39 is 34.9 Å². The average Bonchev–Trinajstić information content (AvgIpc) is 3.10. The number of methoxy groups -OCH3 is 4. The molecule has 0 aliphatic heterocycles. The van der Waals surface area contributed by atoms with E-state index in [1.54, 1.807) is 13.2 Å². The lowest BCUT2D eigenvalue weighted by molar-refractivity contribution is 0.360. The smallest absolute Gasteiger partial charge is 0.201 e. The Hall–Kier alpha value is -5.52. The zero-order valence-electron chi connectivity index (χ0n) is 27.6. The van der Waals surface area contributed by atoms with Crippen molar-refractivity contribution in [1.82, 2.24) is 0 Å². The molecule has 0 fully saturated rings. The zero-order chi connectivity index (χ0) is 36.8. The molecule has 0 N–H and O–H groups in total. The molecule has 0 heterocycles. The van der Waals surface area contributed by atoms with E-state index in [1.165, 1.54) is 45.6 Å². The van der Waals surface area contributed by atoms with Crippen molar-refractivity contribution in [2.75, 3.05) is 35.6 Å². The fraction of sp³-hybridized carbons (Fsp3) is 0.135. The maximum atomic E-state index is 12.9. The van der Waals surface area contributed by atoms with E-state index >= 15 is 0 Å². The van der Waals surface area contributed by atoms with Gasteiger partial charge in [0, 0.05) is 23.3 Å². The van der Waals surface area contributed by atoms with Crippen LogP contribution in [-0.4, -0.2) is 35.6 Å². The lowest BCUT2D eigenvalue weighted by Crippen LogP contribution is -1.93. The summed E-state index contributed by atoms with van der Waals surface area (Å²) in [4.78, 5) is 0. The molecule has 0 spiro atoms. The number of benzene rings is 4. The third kappa shape index (κ3) is 14.4. The molecule has 0 aliphatic carbocycles. The fourth-order valence-electron chi connectivity index (χ4n) is 3.37. The number of alkyl halides is 1. The first-order valence-electron chi connectivity index (χ1n) is 13.5. The normalized spacial score (nSPS) is 8.98. The number of halogens is 8. The maximum absolute atomic E-state index is 12.9. The monoisotopic (exact) mass is 698 g/mol. The SMILES string of the molecule is C=Cc1c(F)cc(OC)cc1F.C=Cc1cc(F)c(OC)c(F)c1.C=Cc1ccc(OC)c(F)c1F.C=Cc1ccc(OC)cc1.CF.F. The Kier molecular flexibility index (Phi) is 22.9. The molecule has 0 unspecified atom stereocenters. The topological polar surface area (TPSA) is 36.9 Å². The predicted octanol–water partition coefficient (Wildman–Crippen LogP) is 10.9. The highest BCUT2D eigenvalue weighted by Gasteiger charge is 2.11. The van der Waals surface area contributed by atoms with Gasteiger partial charge in [0.2, 0.25) is 5.82 Å². The van der Waals surface area contributed by atoms with Crippen molar-refractivity contribution in [2.45, 2.75) is 0 Å². The van der Waals surface area contributed by atoms with E-state index in [2.05, 4.69) is 40.5 Å². The van der Waals surface area contributed by atoms with E-state index in [0.717, 1.165) is 41.7 Å². The highest BCUT2D eigenvalue weighted by Crippen LogP contribution is 2.24. The fourth-order valence-corrected chi connectivity index (χ4v) is 3.37. The molecule has 12 heteroatoms. The summed E-state index contributed by atoms with van der Waals surface area (Å²) in [6.07, 6.45) is 5.55. The van der Waals surface area contributed by atoms with E-state index in [-0.39, 0.29) is 33.1 Å². The van der Waals surface area contributed by atoms with Gasteiger partial charge in [0.1, 0.15) is 23.1 Å². The lowest BCUT2D eigenvalue weighted by atomic mass is 10.2. The molecule has 4 nitrogen and oxygen atoms in total. The van der Waals surface area contributed by atoms with Crippen LogP contribution in [0.1, 0.15) is 22.3 Å². The Labute approximate surface area is 281 Å². The first-order chi connectivity index (χ1) is 22.9. The van der Waals surface area contributed by atoms with Crippen molar-refractivity contribution >= 4 is 24.3 Å². The molecule has 0 aliphatic rings. The van der Waals surface area contributed by atoms with Crippen LogP contribution in [-0.2, 0) is 0 Å². The first kappa shape index (κ1) is 45.6. The Bertz CT molecular complexity index is 1580.